The van der Waals surface area contributed by atoms with Gasteiger partial charge in [-0.25, -0.2) is 0 Å². The minimum atomic E-state index is -0.356. The molecule has 90 valence electrons. The molecule has 0 radical (unpaired) electrons. The Bertz CT molecular complexity index is 545. The van der Waals surface area contributed by atoms with E-state index in [9.17, 15) is 10.1 Å². The van der Waals surface area contributed by atoms with Crippen molar-refractivity contribution in [1.29, 1.82) is 0 Å². The first-order chi connectivity index (χ1) is 8.11. The molecule has 0 fully saturated rings. The first-order valence-corrected chi connectivity index (χ1v) is 5.85. The Hall–Kier alpha value is -1.84. The van der Waals surface area contributed by atoms with Gasteiger partial charge >= 0.3 is 0 Å². The normalized spacial score (nSPS) is 12.8. The quantitative estimate of drug-likeness (QED) is 0.597. The van der Waals surface area contributed by atoms with E-state index in [1.807, 2.05) is 18.3 Å². The number of nitro groups is 1. The Morgan fingerprint density at radius 1 is 1.41 bits per heavy atom. The first kappa shape index (κ1) is 11.6. The number of benzene rings is 1. The lowest BCUT2D eigenvalue weighted by Crippen LogP contribution is -2.05. The van der Waals surface area contributed by atoms with Crippen molar-refractivity contribution in [1.82, 2.24) is 4.57 Å². The van der Waals surface area contributed by atoms with Gasteiger partial charge in [0.1, 0.15) is 0 Å². The zero-order chi connectivity index (χ0) is 12.4. The van der Waals surface area contributed by atoms with Crippen molar-refractivity contribution in [3.05, 3.63) is 40.6 Å². The maximum atomic E-state index is 10.7. The van der Waals surface area contributed by atoms with Crippen LogP contribution < -0.4 is 0 Å². The lowest BCUT2D eigenvalue weighted by molar-refractivity contribution is -0.384. The number of nitrogens with zero attached hydrogens (tertiary/aromatic N) is 2. The second-order valence-corrected chi connectivity index (χ2v) is 4.48. The minimum Gasteiger partial charge on any atom is -0.347 e. The summed E-state index contributed by atoms with van der Waals surface area (Å²) in [5.41, 5.74) is 1.22. The van der Waals surface area contributed by atoms with Gasteiger partial charge in [-0.1, -0.05) is 20.3 Å². The molecule has 0 spiro atoms. The third kappa shape index (κ3) is 2.30. The topological polar surface area (TPSA) is 48.1 Å². The Kier molecular flexibility index (Phi) is 3.13. The molecule has 2 rings (SSSR count). The van der Waals surface area contributed by atoms with Gasteiger partial charge in [0.25, 0.3) is 5.69 Å². The number of hydrogen-bond acceptors (Lipinski definition) is 2. The predicted molar refractivity (Wildman–Crippen MR) is 68.0 cm³/mol. The first-order valence-electron chi connectivity index (χ1n) is 5.85. The number of hydrogen-bond donors (Lipinski definition) is 0. The van der Waals surface area contributed by atoms with Crippen molar-refractivity contribution >= 4 is 16.6 Å². The molecule has 0 saturated heterocycles. The molecule has 0 aliphatic rings. The highest BCUT2D eigenvalue weighted by molar-refractivity contribution is 5.82. The molecule has 0 aliphatic carbocycles. The van der Waals surface area contributed by atoms with Gasteiger partial charge in [0, 0.05) is 35.8 Å². The van der Waals surface area contributed by atoms with Crippen molar-refractivity contribution in [3.63, 3.8) is 0 Å². The summed E-state index contributed by atoms with van der Waals surface area (Å²) in [5, 5.41) is 11.6. The molecule has 1 aromatic carbocycles. The summed E-state index contributed by atoms with van der Waals surface area (Å²) in [6, 6.07) is 6.96. The summed E-state index contributed by atoms with van der Waals surface area (Å²) in [6.45, 7) is 5.33. The van der Waals surface area contributed by atoms with E-state index in [4.69, 9.17) is 0 Å². The third-order valence-corrected chi connectivity index (χ3v) is 3.17. The Morgan fingerprint density at radius 2 is 2.18 bits per heavy atom. The van der Waals surface area contributed by atoms with Crippen molar-refractivity contribution in [2.24, 2.45) is 5.92 Å². The fourth-order valence-electron chi connectivity index (χ4n) is 1.93. The standard InChI is InChI=1S/C13H16N2O2/c1-3-10(2)9-14-7-6-11-8-12(15(16)17)4-5-13(11)14/h4-8,10H,3,9H2,1-2H3. The van der Waals surface area contributed by atoms with Crippen molar-refractivity contribution in [3.8, 4) is 0 Å². The summed E-state index contributed by atoms with van der Waals surface area (Å²) in [7, 11) is 0. The Balaban J connectivity index is 2.38. The maximum absolute atomic E-state index is 10.7. The third-order valence-electron chi connectivity index (χ3n) is 3.17. The second-order valence-electron chi connectivity index (χ2n) is 4.48. The van der Waals surface area contributed by atoms with E-state index in [1.54, 1.807) is 12.1 Å². The number of nitro benzene ring substituents is 1. The van der Waals surface area contributed by atoms with Crippen LogP contribution in [-0.4, -0.2) is 9.49 Å². The summed E-state index contributed by atoms with van der Waals surface area (Å²) in [4.78, 5) is 10.3. The predicted octanol–water partition coefficient (Wildman–Crippen LogP) is 3.60. The zero-order valence-corrected chi connectivity index (χ0v) is 10.1. The molecule has 4 nitrogen and oxygen atoms in total. The fourth-order valence-corrected chi connectivity index (χ4v) is 1.93. The van der Waals surface area contributed by atoms with Gasteiger partial charge in [0.2, 0.25) is 0 Å². The van der Waals surface area contributed by atoms with Gasteiger partial charge < -0.3 is 4.57 Å². The average Bonchev–Trinajstić information content (AvgIpc) is 2.71. The van der Waals surface area contributed by atoms with Crippen LogP contribution in [0, 0.1) is 16.0 Å². The highest BCUT2D eigenvalue weighted by Crippen LogP contribution is 2.22. The van der Waals surface area contributed by atoms with E-state index in [0.29, 0.717) is 5.92 Å². The monoisotopic (exact) mass is 232 g/mol. The summed E-state index contributed by atoms with van der Waals surface area (Å²) < 4.78 is 2.16. The molecule has 1 atom stereocenters. The van der Waals surface area contributed by atoms with E-state index in [2.05, 4.69) is 18.4 Å². The molecule has 0 aliphatic heterocycles. The van der Waals surface area contributed by atoms with Gasteiger partial charge in [-0.2, -0.15) is 0 Å². The second kappa shape index (κ2) is 4.57. The summed E-state index contributed by atoms with van der Waals surface area (Å²) in [5.74, 6) is 0.612. The zero-order valence-electron chi connectivity index (χ0n) is 10.1. The SMILES string of the molecule is CCC(C)Cn1ccc2cc([N+](=O)[O-])ccc21. The van der Waals surface area contributed by atoms with Crippen LogP contribution in [0.5, 0.6) is 0 Å². The van der Waals surface area contributed by atoms with Crippen LogP contribution >= 0.6 is 0 Å². The lowest BCUT2D eigenvalue weighted by atomic mass is 10.1. The Morgan fingerprint density at radius 3 is 2.82 bits per heavy atom. The summed E-state index contributed by atoms with van der Waals surface area (Å²) >= 11 is 0. The van der Waals surface area contributed by atoms with Gasteiger partial charge in [0.15, 0.2) is 0 Å². The molecule has 1 aromatic heterocycles. The van der Waals surface area contributed by atoms with Crippen LogP contribution in [0.25, 0.3) is 10.9 Å². The van der Waals surface area contributed by atoms with Crippen LogP contribution in [0.2, 0.25) is 0 Å². The summed E-state index contributed by atoms with van der Waals surface area (Å²) in [6.07, 6.45) is 3.13. The van der Waals surface area contributed by atoms with Crippen molar-refractivity contribution in [2.45, 2.75) is 26.8 Å². The molecular formula is C13H16N2O2. The van der Waals surface area contributed by atoms with Crippen LogP contribution in [0.4, 0.5) is 5.69 Å². The van der Waals surface area contributed by atoms with E-state index >= 15 is 0 Å². The van der Waals surface area contributed by atoms with Gasteiger partial charge in [-0.15, -0.1) is 0 Å². The highest BCUT2D eigenvalue weighted by atomic mass is 16.6. The number of fused-ring (bicyclic) bond motifs is 1. The fraction of sp³-hybridized carbons (Fsp3) is 0.385. The molecule has 17 heavy (non-hydrogen) atoms. The molecular weight excluding hydrogens is 216 g/mol. The Labute approximate surface area is 100 Å². The number of rotatable bonds is 4. The van der Waals surface area contributed by atoms with Crippen molar-refractivity contribution in [2.75, 3.05) is 0 Å². The van der Waals surface area contributed by atoms with Gasteiger partial charge in [-0.05, 0) is 18.1 Å². The van der Waals surface area contributed by atoms with Crippen LogP contribution in [-0.2, 0) is 6.54 Å². The molecule has 0 bridgehead atoms. The molecule has 2 aromatic rings. The number of aromatic nitrogens is 1. The van der Waals surface area contributed by atoms with E-state index in [1.165, 1.54) is 0 Å². The number of non-ortho nitro benzene ring substituents is 1. The molecule has 1 unspecified atom stereocenters. The van der Waals surface area contributed by atoms with Gasteiger partial charge in [0.05, 0.1) is 4.92 Å². The van der Waals surface area contributed by atoms with Crippen LogP contribution in [0.3, 0.4) is 0 Å². The van der Waals surface area contributed by atoms with Gasteiger partial charge in [-0.3, -0.25) is 10.1 Å². The maximum Gasteiger partial charge on any atom is 0.270 e. The molecule has 0 amide bonds. The van der Waals surface area contributed by atoms with E-state index < -0.39 is 0 Å². The van der Waals surface area contributed by atoms with Crippen molar-refractivity contribution < 1.29 is 4.92 Å². The molecule has 0 saturated carbocycles. The largest absolute Gasteiger partial charge is 0.347 e. The smallest absolute Gasteiger partial charge is 0.270 e. The average molecular weight is 232 g/mol. The molecule has 4 heteroatoms. The minimum absolute atomic E-state index is 0.152. The van der Waals surface area contributed by atoms with E-state index in [-0.39, 0.29) is 10.6 Å². The van der Waals surface area contributed by atoms with Crippen LogP contribution in [0.15, 0.2) is 30.5 Å². The lowest BCUT2D eigenvalue weighted by Gasteiger charge is -2.10. The highest BCUT2D eigenvalue weighted by Gasteiger charge is 2.09. The van der Waals surface area contributed by atoms with Crippen LogP contribution in [0.1, 0.15) is 20.3 Å². The molecule has 0 N–H and O–H groups in total. The molecule has 1 heterocycles. The van der Waals surface area contributed by atoms with E-state index in [0.717, 1.165) is 23.9 Å².